The van der Waals surface area contributed by atoms with Gasteiger partial charge in [-0.05, 0) is 30.3 Å². The van der Waals surface area contributed by atoms with E-state index in [0.29, 0.717) is 17.7 Å². The topological polar surface area (TPSA) is 62.5 Å². The van der Waals surface area contributed by atoms with Crippen LogP contribution >= 0.6 is 0 Å². The highest BCUT2D eigenvalue weighted by Gasteiger charge is 2.12. The number of hydrogen-bond acceptors (Lipinski definition) is 3. The van der Waals surface area contributed by atoms with Crippen molar-refractivity contribution in [3.05, 3.63) is 59.3 Å². The molecule has 0 atom stereocenters. The van der Waals surface area contributed by atoms with Crippen molar-refractivity contribution in [2.75, 3.05) is 6.61 Å². The van der Waals surface area contributed by atoms with Crippen LogP contribution in [0.5, 0.6) is 0 Å². The van der Waals surface area contributed by atoms with E-state index in [4.69, 9.17) is 9.52 Å². The summed E-state index contributed by atoms with van der Waals surface area (Å²) in [4.78, 5) is 12.0. The minimum atomic E-state index is -0.611. The van der Waals surface area contributed by atoms with Crippen molar-refractivity contribution in [1.29, 1.82) is 0 Å². The molecule has 5 heteroatoms. The van der Waals surface area contributed by atoms with Gasteiger partial charge in [-0.3, -0.25) is 4.79 Å². The summed E-state index contributed by atoms with van der Waals surface area (Å²) in [5, 5.41) is 11.2. The Balaban J connectivity index is 2.09. The Morgan fingerprint density at radius 3 is 2.95 bits per heavy atom. The van der Waals surface area contributed by atoms with Crippen LogP contribution < -0.4 is 5.32 Å². The Hall–Kier alpha value is -2.58. The second-order valence-electron chi connectivity index (χ2n) is 4.23. The molecule has 1 aromatic heterocycles. The molecular formula is C16H14FNO3. The summed E-state index contributed by atoms with van der Waals surface area (Å²) >= 11 is 0. The van der Waals surface area contributed by atoms with Crippen LogP contribution in [0, 0.1) is 17.7 Å². The van der Waals surface area contributed by atoms with E-state index in [-0.39, 0.29) is 18.7 Å². The lowest BCUT2D eigenvalue weighted by Crippen LogP contribution is -2.23. The van der Waals surface area contributed by atoms with E-state index < -0.39 is 11.7 Å². The molecule has 0 unspecified atom stereocenters. The molecule has 0 spiro atoms. The molecule has 108 valence electrons. The van der Waals surface area contributed by atoms with Crippen LogP contribution in [0.15, 0.2) is 41.0 Å². The van der Waals surface area contributed by atoms with Crippen LogP contribution in [-0.4, -0.2) is 17.6 Å². The van der Waals surface area contributed by atoms with Crippen molar-refractivity contribution in [2.24, 2.45) is 0 Å². The van der Waals surface area contributed by atoms with Gasteiger partial charge in [0, 0.05) is 12.0 Å². The summed E-state index contributed by atoms with van der Waals surface area (Å²) in [7, 11) is 0. The molecule has 0 fully saturated rings. The molecule has 0 aliphatic carbocycles. The van der Waals surface area contributed by atoms with E-state index in [0.717, 1.165) is 0 Å². The quantitative estimate of drug-likeness (QED) is 0.846. The third kappa shape index (κ3) is 4.20. The van der Waals surface area contributed by atoms with Gasteiger partial charge in [-0.15, -0.1) is 0 Å². The second-order valence-corrected chi connectivity index (χ2v) is 4.23. The SMILES string of the molecule is O=C(NCc1ccco1)c1cc(C#CCCO)ccc1F. The minimum absolute atomic E-state index is 0.0370. The van der Waals surface area contributed by atoms with Crippen LogP contribution in [-0.2, 0) is 6.54 Å². The Labute approximate surface area is 121 Å². The Morgan fingerprint density at radius 1 is 1.38 bits per heavy atom. The molecule has 21 heavy (non-hydrogen) atoms. The zero-order valence-corrected chi connectivity index (χ0v) is 11.2. The van der Waals surface area contributed by atoms with Gasteiger partial charge in [0.1, 0.15) is 11.6 Å². The summed E-state index contributed by atoms with van der Waals surface area (Å²) in [5.74, 6) is 4.93. The third-order valence-corrected chi connectivity index (χ3v) is 2.68. The molecule has 2 N–H and O–H groups in total. The number of carbonyl (C=O) groups excluding carboxylic acids is 1. The normalized spacial score (nSPS) is 9.81. The van der Waals surface area contributed by atoms with Crippen LogP contribution in [0.4, 0.5) is 4.39 Å². The molecule has 2 aromatic rings. The van der Waals surface area contributed by atoms with E-state index in [1.165, 1.54) is 24.5 Å². The summed E-state index contributed by atoms with van der Waals surface area (Å²) in [6, 6.07) is 7.50. The molecule has 1 amide bonds. The molecule has 0 radical (unpaired) electrons. The fraction of sp³-hybridized carbons (Fsp3) is 0.188. The van der Waals surface area contributed by atoms with Crippen LogP contribution in [0.3, 0.4) is 0 Å². The van der Waals surface area contributed by atoms with Gasteiger partial charge in [-0.1, -0.05) is 11.8 Å². The smallest absolute Gasteiger partial charge is 0.254 e. The van der Waals surface area contributed by atoms with Gasteiger partial charge in [0.05, 0.1) is 25.0 Å². The Morgan fingerprint density at radius 2 is 2.24 bits per heavy atom. The first-order valence-electron chi connectivity index (χ1n) is 6.40. The fourth-order valence-electron chi connectivity index (χ4n) is 1.67. The Bertz CT molecular complexity index is 669. The maximum Gasteiger partial charge on any atom is 0.254 e. The van der Waals surface area contributed by atoms with Gasteiger partial charge in [0.15, 0.2) is 0 Å². The van der Waals surface area contributed by atoms with Crippen molar-refractivity contribution < 1.29 is 18.7 Å². The molecule has 0 saturated carbocycles. The molecule has 4 nitrogen and oxygen atoms in total. The molecule has 0 aliphatic rings. The van der Waals surface area contributed by atoms with Gasteiger partial charge in [0.25, 0.3) is 5.91 Å². The van der Waals surface area contributed by atoms with Gasteiger partial charge in [-0.2, -0.15) is 0 Å². The fourth-order valence-corrected chi connectivity index (χ4v) is 1.67. The zero-order chi connectivity index (χ0) is 15.1. The van der Waals surface area contributed by atoms with Crippen LogP contribution in [0.25, 0.3) is 0 Å². The van der Waals surface area contributed by atoms with Crippen molar-refractivity contribution in [1.82, 2.24) is 5.32 Å². The number of furan rings is 1. The van der Waals surface area contributed by atoms with Crippen molar-refractivity contribution >= 4 is 5.91 Å². The molecule has 1 heterocycles. The molecule has 0 aliphatic heterocycles. The van der Waals surface area contributed by atoms with Gasteiger partial charge in [-0.25, -0.2) is 4.39 Å². The van der Waals surface area contributed by atoms with Crippen LogP contribution in [0.1, 0.15) is 28.1 Å². The van der Waals surface area contributed by atoms with E-state index >= 15 is 0 Å². The molecular weight excluding hydrogens is 273 g/mol. The monoisotopic (exact) mass is 287 g/mol. The predicted molar refractivity (Wildman–Crippen MR) is 74.9 cm³/mol. The van der Waals surface area contributed by atoms with Crippen molar-refractivity contribution in [3.8, 4) is 11.8 Å². The van der Waals surface area contributed by atoms with Crippen molar-refractivity contribution in [2.45, 2.75) is 13.0 Å². The lowest BCUT2D eigenvalue weighted by atomic mass is 10.1. The number of nitrogens with one attached hydrogen (secondary N) is 1. The van der Waals surface area contributed by atoms with Gasteiger partial charge >= 0.3 is 0 Å². The number of carbonyl (C=O) groups is 1. The summed E-state index contributed by atoms with van der Waals surface area (Å²) < 4.78 is 18.8. The van der Waals surface area contributed by atoms with E-state index in [9.17, 15) is 9.18 Å². The first-order chi connectivity index (χ1) is 10.2. The number of aliphatic hydroxyl groups excluding tert-OH is 1. The first-order valence-corrected chi connectivity index (χ1v) is 6.40. The Kier molecular flexibility index (Phi) is 5.13. The number of amides is 1. The standard InChI is InChI=1S/C16H14FNO3/c17-15-7-6-12(4-1-2-8-19)10-14(15)16(20)18-11-13-5-3-9-21-13/h3,5-7,9-10,19H,2,8,11H2,(H,18,20). The minimum Gasteiger partial charge on any atom is -0.467 e. The third-order valence-electron chi connectivity index (χ3n) is 2.68. The number of hydrogen-bond donors (Lipinski definition) is 2. The van der Waals surface area contributed by atoms with E-state index in [1.807, 2.05) is 0 Å². The molecule has 1 aromatic carbocycles. The number of halogens is 1. The van der Waals surface area contributed by atoms with Crippen LogP contribution in [0.2, 0.25) is 0 Å². The highest BCUT2D eigenvalue weighted by atomic mass is 19.1. The lowest BCUT2D eigenvalue weighted by molar-refractivity contribution is 0.0944. The summed E-state index contributed by atoms with van der Waals surface area (Å²) in [5.41, 5.74) is 0.449. The highest BCUT2D eigenvalue weighted by molar-refractivity contribution is 5.94. The highest BCUT2D eigenvalue weighted by Crippen LogP contribution is 2.10. The van der Waals surface area contributed by atoms with Crippen molar-refractivity contribution in [3.63, 3.8) is 0 Å². The predicted octanol–water partition coefficient (Wildman–Crippen LogP) is 2.08. The maximum atomic E-state index is 13.7. The molecule has 0 bridgehead atoms. The van der Waals surface area contributed by atoms with Gasteiger partial charge < -0.3 is 14.8 Å². The first kappa shape index (κ1) is 14.8. The van der Waals surface area contributed by atoms with E-state index in [1.54, 1.807) is 12.1 Å². The number of aliphatic hydroxyl groups is 1. The van der Waals surface area contributed by atoms with Gasteiger partial charge in [0.2, 0.25) is 0 Å². The largest absolute Gasteiger partial charge is 0.467 e. The molecule has 2 rings (SSSR count). The molecule has 0 saturated heterocycles. The average molecular weight is 287 g/mol. The average Bonchev–Trinajstić information content (AvgIpc) is 3.00. The van der Waals surface area contributed by atoms with E-state index in [2.05, 4.69) is 17.2 Å². The number of benzene rings is 1. The maximum absolute atomic E-state index is 13.7. The lowest BCUT2D eigenvalue weighted by Gasteiger charge is -2.05. The second kappa shape index (κ2) is 7.27. The zero-order valence-electron chi connectivity index (χ0n) is 11.2. The number of rotatable bonds is 4. The summed E-state index contributed by atoms with van der Waals surface area (Å²) in [6.45, 7) is 0.149. The summed E-state index contributed by atoms with van der Waals surface area (Å²) in [6.07, 6.45) is 1.83.